The molecule has 0 aliphatic carbocycles. The Labute approximate surface area is 200 Å². The van der Waals surface area contributed by atoms with Gasteiger partial charge in [-0.1, -0.05) is 42.5 Å². The number of hydrogen-bond donors (Lipinski definition) is 0. The predicted octanol–water partition coefficient (Wildman–Crippen LogP) is 4.32. The molecule has 7 nitrogen and oxygen atoms in total. The number of thiophene rings is 1. The summed E-state index contributed by atoms with van der Waals surface area (Å²) >= 11 is 1.46. The normalized spacial score (nSPS) is 12.7. The van der Waals surface area contributed by atoms with Gasteiger partial charge in [-0.3, -0.25) is 14.2 Å². The summed E-state index contributed by atoms with van der Waals surface area (Å²) < 4.78 is 1.29. The number of fused-ring (bicyclic) bond motifs is 2. The molecule has 1 aliphatic heterocycles. The zero-order chi connectivity index (χ0) is 24.0. The van der Waals surface area contributed by atoms with Gasteiger partial charge in [0, 0.05) is 19.0 Å². The zero-order valence-corrected chi connectivity index (χ0v) is 19.8. The van der Waals surface area contributed by atoms with Crippen LogP contribution in [0.15, 0.2) is 77.1 Å². The molecule has 2 aromatic carbocycles. The molecule has 1 aliphatic rings. The van der Waals surface area contributed by atoms with Crippen LogP contribution in [0.2, 0.25) is 0 Å². The van der Waals surface area contributed by atoms with E-state index in [9.17, 15) is 14.9 Å². The van der Waals surface area contributed by atoms with Gasteiger partial charge in [0.2, 0.25) is 0 Å². The summed E-state index contributed by atoms with van der Waals surface area (Å²) in [7, 11) is 3.64. The average molecular weight is 468 g/mol. The fourth-order valence-corrected chi connectivity index (χ4v) is 5.57. The van der Waals surface area contributed by atoms with E-state index in [2.05, 4.69) is 11.1 Å². The van der Waals surface area contributed by atoms with Crippen molar-refractivity contribution in [3.8, 4) is 16.5 Å². The highest BCUT2D eigenvalue weighted by molar-refractivity contribution is 7.22. The lowest BCUT2D eigenvalue weighted by Gasteiger charge is -2.20. The Morgan fingerprint density at radius 3 is 2.26 bits per heavy atom. The molecular weight excluding hydrogens is 446 g/mol. The van der Waals surface area contributed by atoms with Gasteiger partial charge in [0.15, 0.2) is 5.78 Å². The molecule has 34 heavy (non-hydrogen) atoms. The molecule has 8 heteroatoms. The molecule has 0 saturated heterocycles. The fourth-order valence-electron chi connectivity index (χ4n) is 4.43. The largest absolute Gasteiger partial charge is 0.328 e. The van der Waals surface area contributed by atoms with E-state index in [1.807, 2.05) is 85.4 Å². The van der Waals surface area contributed by atoms with E-state index in [1.54, 1.807) is 0 Å². The van der Waals surface area contributed by atoms with Crippen LogP contribution >= 0.6 is 11.3 Å². The van der Waals surface area contributed by atoms with Gasteiger partial charge in [0.25, 0.3) is 5.56 Å². The van der Waals surface area contributed by atoms with Crippen molar-refractivity contribution in [2.24, 2.45) is 0 Å². The molecule has 0 atom stereocenters. The van der Waals surface area contributed by atoms with E-state index in [-0.39, 0.29) is 17.7 Å². The van der Waals surface area contributed by atoms with Gasteiger partial charge >= 0.3 is 0 Å². The van der Waals surface area contributed by atoms with E-state index in [0.717, 1.165) is 27.4 Å². The molecule has 0 unspecified atom stereocenters. The van der Waals surface area contributed by atoms with Gasteiger partial charge in [0.1, 0.15) is 22.3 Å². The maximum atomic E-state index is 13.3. The van der Waals surface area contributed by atoms with Gasteiger partial charge < -0.3 is 9.80 Å². The minimum absolute atomic E-state index is 0.000196. The third-order valence-corrected chi connectivity index (χ3v) is 7.37. The van der Waals surface area contributed by atoms with Crippen LogP contribution in [0.4, 0.5) is 11.4 Å². The molecule has 0 bridgehead atoms. The van der Waals surface area contributed by atoms with Gasteiger partial charge in [-0.15, -0.1) is 11.3 Å². The number of ketones is 1. The van der Waals surface area contributed by atoms with Crippen molar-refractivity contribution < 1.29 is 4.79 Å². The van der Waals surface area contributed by atoms with Crippen LogP contribution in [-0.2, 0) is 11.3 Å². The second kappa shape index (κ2) is 8.28. The number of anilines is 2. The number of benzene rings is 2. The fraction of sp³-hybridized carbons (Fsp3) is 0.154. The minimum Gasteiger partial charge on any atom is -0.328 e. The average Bonchev–Trinajstić information content (AvgIpc) is 3.32. The molecule has 0 saturated carbocycles. The topological polar surface area (TPSA) is 82.2 Å². The molecule has 0 radical (unpaired) electrons. The van der Waals surface area contributed by atoms with Crippen molar-refractivity contribution in [3.05, 3.63) is 88.2 Å². The van der Waals surface area contributed by atoms with Gasteiger partial charge in [-0.25, -0.2) is 4.98 Å². The van der Waals surface area contributed by atoms with Crippen molar-refractivity contribution in [1.82, 2.24) is 9.55 Å². The lowest BCUT2D eigenvalue weighted by molar-refractivity contribution is -0.115. The summed E-state index contributed by atoms with van der Waals surface area (Å²) in [6.45, 7) is 1.64. The van der Waals surface area contributed by atoms with Crippen LogP contribution in [0.25, 0.3) is 20.7 Å². The summed E-state index contributed by atoms with van der Waals surface area (Å²) in [6, 6.07) is 19.6. The number of aromatic nitrogens is 2. The maximum Gasteiger partial charge on any atom is 0.262 e. The van der Waals surface area contributed by atoms with E-state index < -0.39 is 5.78 Å². The first kappa shape index (κ1) is 21.6. The summed E-state index contributed by atoms with van der Waals surface area (Å²) in [4.78, 5) is 36.3. The van der Waals surface area contributed by atoms with Crippen LogP contribution in [-0.4, -0.2) is 29.4 Å². The monoisotopic (exact) mass is 467 g/mol. The van der Waals surface area contributed by atoms with E-state index in [0.29, 0.717) is 16.0 Å². The highest BCUT2D eigenvalue weighted by Gasteiger charge is 2.31. The molecule has 0 N–H and O–H groups in total. The number of allylic oxidation sites excluding steroid dienone is 1. The van der Waals surface area contributed by atoms with Crippen molar-refractivity contribution >= 4 is 38.7 Å². The highest BCUT2D eigenvalue weighted by atomic mass is 32.1. The van der Waals surface area contributed by atoms with Gasteiger partial charge in [0.05, 0.1) is 29.6 Å². The Kier molecular flexibility index (Phi) is 5.27. The van der Waals surface area contributed by atoms with Crippen molar-refractivity contribution in [2.45, 2.75) is 13.5 Å². The zero-order valence-electron chi connectivity index (χ0n) is 18.9. The summed E-state index contributed by atoms with van der Waals surface area (Å²) in [5, 5.41) is 10.4. The molecule has 168 valence electrons. The number of carbonyl (C=O) groups excluding carboxylic acids is 1. The summed E-state index contributed by atoms with van der Waals surface area (Å²) in [5.41, 5.74) is 3.39. The quantitative estimate of drug-likeness (QED) is 0.328. The first-order valence-electron chi connectivity index (χ1n) is 10.7. The SMILES string of the molecule is Cc1c(-c2ccccc2)sc2ncn(CC(=O)C(C#N)=C3N(C)c4ccccc4N3C)c(=O)c12. The Morgan fingerprint density at radius 2 is 1.65 bits per heavy atom. The lowest BCUT2D eigenvalue weighted by atomic mass is 10.1. The first-order valence-corrected chi connectivity index (χ1v) is 11.5. The van der Waals surface area contributed by atoms with Gasteiger partial charge in [-0.2, -0.15) is 5.26 Å². The minimum atomic E-state index is -0.441. The number of nitrogens with zero attached hydrogens (tertiary/aromatic N) is 5. The predicted molar refractivity (Wildman–Crippen MR) is 135 cm³/mol. The first-order chi connectivity index (χ1) is 16.4. The second-order valence-electron chi connectivity index (χ2n) is 8.12. The van der Waals surface area contributed by atoms with Crippen molar-refractivity contribution in [1.29, 1.82) is 5.26 Å². The lowest BCUT2D eigenvalue weighted by Crippen LogP contribution is -2.30. The third kappa shape index (κ3) is 3.29. The molecule has 0 spiro atoms. The van der Waals surface area contributed by atoms with Crippen molar-refractivity contribution in [2.75, 3.05) is 23.9 Å². The molecule has 0 fully saturated rings. The third-order valence-electron chi connectivity index (χ3n) is 6.12. The van der Waals surface area contributed by atoms with Crippen LogP contribution in [0, 0.1) is 18.3 Å². The molecular formula is C26H21N5O2S. The second-order valence-corrected chi connectivity index (χ2v) is 9.12. The van der Waals surface area contributed by atoms with Gasteiger partial charge in [-0.05, 0) is 30.2 Å². The smallest absolute Gasteiger partial charge is 0.262 e. The Bertz CT molecular complexity index is 1550. The van der Waals surface area contributed by atoms with Crippen LogP contribution < -0.4 is 15.4 Å². The Hall–Kier alpha value is -4.22. The Balaban J connectivity index is 1.53. The van der Waals surface area contributed by atoms with Crippen LogP contribution in [0.1, 0.15) is 5.56 Å². The maximum absolute atomic E-state index is 13.3. The summed E-state index contributed by atoms with van der Waals surface area (Å²) in [5.74, 6) is 0.0530. The molecule has 4 aromatic rings. The van der Waals surface area contributed by atoms with E-state index >= 15 is 0 Å². The van der Waals surface area contributed by atoms with Crippen molar-refractivity contribution in [3.63, 3.8) is 0 Å². The number of rotatable bonds is 4. The number of para-hydroxylation sites is 2. The molecule has 0 amide bonds. The van der Waals surface area contributed by atoms with E-state index in [1.165, 1.54) is 22.2 Å². The van der Waals surface area contributed by atoms with Crippen LogP contribution in [0.5, 0.6) is 0 Å². The van der Waals surface area contributed by atoms with E-state index in [4.69, 9.17) is 0 Å². The number of carbonyl (C=O) groups is 1. The standard InChI is InChI=1S/C26H21N5O2S/c1-16-22-24(34-23(16)17-9-5-4-6-10-17)28-15-31(26(22)33)14-21(32)18(13-27)25-29(2)19-11-7-8-12-20(19)30(25)3/h4-12,15H,14H2,1-3H3. The number of hydrogen-bond acceptors (Lipinski definition) is 7. The summed E-state index contributed by atoms with van der Waals surface area (Å²) in [6.07, 6.45) is 1.39. The number of aryl methyl sites for hydroxylation is 1. The molecule has 5 rings (SSSR count). The Morgan fingerprint density at radius 1 is 1.03 bits per heavy atom. The van der Waals surface area contributed by atoms with Crippen LogP contribution in [0.3, 0.4) is 0 Å². The molecule has 3 heterocycles. The number of Topliss-reactive ketones (excluding diaryl/α,β-unsaturated/α-hetero) is 1. The molecule has 2 aromatic heterocycles. The highest BCUT2D eigenvalue weighted by Crippen LogP contribution is 2.40. The number of nitriles is 1.